The molecule has 2 aromatic carbocycles. The zero-order valence-corrected chi connectivity index (χ0v) is 12.7. The molecule has 0 amide bonds. The van der Waals surface area contributed by atoms with Crippen molar-refractivity contribution in [1.29, 1.82) is 0 Å². The number of fused-ring (bicyclic) bond motifs is 1. The van der Waals surface area contributed by atoms with Gasteiger partial charge in [0.25, 0.3) is 6.01 Å². The highest BCUT2D eigenvalue weighted by molar-refractivity contribution is 5.74. The third-order valence-corrected chi connectivity index (χ3v) is 3.42. The topological polar surface area (TPSA) is 73.1 Å². The van der Waals surface area contributed by atoms with E-state index in [1.165, 1.54) is 0 Å². The van der Waals surface area contributed by atoms with E-state index in [0.717, 1.165) is 16.7 Å². The lowest BCUT2D eigenvalue weighted by molar-refractivity contribution is 0.460. The number of oxazole rings is 1. The summed E-state index contributed by atoms with van der Waals surface area (Å²) in [7, 11) is 0. The largest absolute Gasteiger partial charge is 0.438 e. The van der Waals surface area contributed by atoms with Crippen molar-refractivity contribution < 1.29 is 9.15 Å². The van der Waals surface area contributed by atoms with Crippen LogP contribution in [0.25, 0.3) is 11.1 Å². The van der Waals surface area contributed by atoms with Gasteiger partial charge in [-0.15, -0.1) is 0 Å². The van der Waals surface area contributed by atoms with Crippen molar-refractivity contribution >= 4 is 17.1 Å². The predicted molar refractivity (Wildman–Crippen MR) is 89.9 cm³/mol. The van der Waals surface area contributed by atoms with E-state index in [4.69, 9.17) is 9.15 Å². The fourth-order valence-electron chi connectivity index (χ4n) is 2.26. The summed E-state index contributed by atoms with van der Waals surface area (Å²) in [6, 6.07) is 15.9. The van der Waals surface area contributed by atoms with E-state index in [2.05, 4.69) is 20.3 Å². The Balaban J connectivity index is 1.40. The highest BCUT2D eigenvalue weighted by Crippen LogP contribution is 2.21. The third-order valence-electron chi connectivity index (χ3n) is 3.42. The lowest BCUT2D eigenvalue weighted by atomic mass is 10.2. The van der Waals surface area contributed by atoms with Gasteiger partial charge in [0.1, 0.15) is 11.3 Å². The van der Waals surface area contributed by atoms with Crippen LogP contribution in [0.1, 0.15) is 5.56 Å². The summed E-state index contributed by atoms with van der Waals surface area (Å²) in [5, 5.41) is 3.18. The molecule has 0 saturated heterocycles. The SMILES string of the molecule is c1ccc2oc(NCc3ccc(Oc4cnccn4)cc3)nc2c1. The molecule has 4 rings (SSSR count). The van der Waals surface area contributed by atoms with Gasteiger partial charge >= 0.3 is 0 Å². The van der Waals surface area contributed by atoms with Crippen LogP contribution in [0, 0.1) is 0 Å². The molecule has 0 atom stereocenters. The van der Waals surface area contributed by atoms with E-state index in [9.17, 15) is 0 Å². The Morgan fingerprint density at radius 3 is 2.67 bits per heavy atom. The Hall–Kier alpha value is -3.41. The molecule has 118 valence electrons. The highest BCUT2D eigenvalue weighted by atomic mass is 16.5. The average Bonchev–Trinajstić information content (AvgIpc) is 3.05. The summed E-state index contributed by atoms with van der Waals surface area (Å²) >= 11 is 0. The van der Waals surface area contributed by atoms with E-state index in [1.54, 1.807) is 18.6 Å². The van der Waals surface area contributed by atoms with Crippen LogP contribution in [0.15, 0.2) is 71.5 Å². The van der Waals surface area contributed by atoms with Crippen molar-refractivity contribution in [2.75, 3.05) is 5.32 Å². The molecule has 6 nitrogen and oxygen atoms in total. The minimum absolute atomic E-state index is 0.467. The molecule has 0 unspecified atom stereocenters. The Morgan fingerprint density at radius 2 is 1.88 bits per heavy atom. The van der Waals surface area contributed by atoms with Gasteiger partial charge < -0.3 is 14.5 Å². The highest BCUT2D eigenvalue weighted by Gasteiger charge is 2.04. The summed E-state index contributed by atoms with van der Waals surface area (Å²) in [5.41, 5.74) is 2.70. The van der Waals surface area contributed by atoms with Gasteiger partial charge in [-0.2, -0.15) is 4.98 Å². The number of benzene rings is 2. The molecule has 0 bridgehead atoms. The van der Waals surface area contributed by atoms with E-state index in [0.29, 0.717) is 24.2 Å². The lowest BCUT2D eigenvalue weighted by Gasteiger charge is -2.06. The zero-order valence-electron chi connectivity index (χ0n) is 12.7. The van der Waals surface area contributed by atoms with E-state index in [1.807, 2.05) is 48.5 Å². The quantitative estimate of drug-likeness (QED) is 0.599. The van der Waals surface area contributed by atoms with Crippen molar-refractivity contribution in [3.8, 4) is 11.6 Å². The minimum atomic E-state index is 0.467. The number of ether oxygens (including phenoxy) is 1. The van der Waals surface area contributed by atoms with Crippen LogP contribution in [0.2, 0.25) is 0 Å². The first-order valence-electron chi connectivity index (χ1n) is 7.49. The molecular formula is C18H14N4O2. The molecular weight excluding hydrogens is 304 g/mol. The van der Waals surface area contributed by atoms with Crippen molar-refractivity contribution in [3.05, 3.63) is 72.7 Å². The van der Waals surface area contributed by atoms with Gasteiger partial charge in [-0.25, -0.2) is 4.98 Å². The van der Waals surface area contributed by atoms with Crippen molar-refractivity contribution in [2.45, 2.75) is 6.54 Å². The van der Waals surface area contributed by atoms with Crippen LogP contribution in [-0.2, 0) is 6.54 Å². The molecule has 0 aliphatic carbocycles. The number of para-hydroxylation sites is 2. The first-order valence-corrected chi connectivity index (χ1v) is 7.49. The number of nitrogens with zero attached hydrogens (tertiary/aromatic N) is 3. The maximum absolute atomic E-state index is 5.63. The number of rotatable bonds is 5. The predicted octanol–water partition coefficient (Wildman–Crippen LogP) is 4.02. The van der Waals surface area contributed by atoms with E-state index >= 15 is 0 Å². The van der Waals surface area contributed by atoms with Crippen molar-refractivity contribution in [2.24, 2.45) is 0 Å². The van der Waals surface area contributed by atoms with Gasteiger partial charge in [-0.1, -0.05) is 24.3 Å². The number of hydrogen-bond acceptors (Lipinski definition) is 6. The summed E-state index contributed by atoms with van der Waals surface area (Å²) < 4.78 is 11.2. The van der Waals surface area contributed by atoms with Gasteiger partial charge in [-0.3, -0.25) is 4.98 Å². The molecule has 0 aliphatic rings. The summed E-state index contributed by atoms with van der Waals surface area (Å²) in [6.45, 7) is 0.609. The van der Waals surface area contributed by atoms with Crippen LogP contribution in [0.3, 0.4) is 0 Å². The van der Waals surface area contributed by atoms with Gasteiger partial charge in [-0.05, 0) is 29.8 Å². The smallest absolute Gasteiger partial charge is 0.295 e. The standard InChI is InChI=1S/C18H14N4O2/c1-2-4-16-15(3-1)22-18(24-16)21-11-13-5-7-14(8-6-13)23-17-12-19-9-10-20-17/h1-10,12H,11H2,(H,21,22). The molecule has 0 saturated carbocycles. The van der Waals surface area contributed by atoms with E-state index < -0.39 is 0 Å². The molecule has 0 radical (unpaired) electrons. The van der Waals surface area contributed by atoms with Crippen molar-refractivity contribution in [1.82, 2.24) is 15.0 Å². The van der Waals surface area contributed by atoms with Gasteiger partial charge in [0.05, 0.1) is 6.20 Å². The first kappa shape index (κ1) is 14.2. The van der Waals surface area contributed by atoms with Crippen LogP contribution in [-0.4, -0.2) is 15.0 Å². The number of nitrogens with one attached hydrogen (secondary N) is 1. The fraction of sp³-hybridized carbons (Fsp3) is 0.0556. The zero-order chi connectivity index (χ0) is 16.2. The molecule has 4 aromatic rings. The number of aromatic nitrogens is 3. The monoisotopic (exact) mass is 318 g/mol. The second kappa shape index (κ2) is 6.37. The fourth-order valence-corrected chi connectivity index (χ4v) is 2.26. The number of hydrogen-bond donors (Lipinski definition) is 1. The Bertz CT molecular complexity index is 903. The van der Waals surface area contributed by atoms with E-state index in [-0.39, 0.29) is 0 Å². The molecule has 2 heterocycles. The Kier molecular flexibility index (Phi) is 3.77. The van der Waals surface area contributed by atoms with Gasteiger partial charge in [0.2, 0.25) is 5.88 Å². The van der Waals surface area contributed by atoms with Crippen LogP contribution in [0.5, 0.6) is 11.6 Å². The second-order valence-corrected chi connectivity index (χ2v) is 5.13. The molecule has 24 heavy (non-hydrogen) atoms. The van der Waals surface area contributed by atoms with Crippen LogP contribution >= 0.6 is 0 Å². The Morgan fingerprint density at radius 1 is 1.00 bits per heavy atom. The number of anilines is 1. The summed E-state index contributed by atoms with van der Waals surface area (Å²) in [4.78, 5) is 12.4. The molecule has 1 N–H and O–H groups in total. The van der Waals surface area contributed by atoms with Gasteiger partial charge in [0, 0.05) is 18.9 Å². The first-order chi connectivity index (χ1) is 11.9. The summed E-state index contributed by atoms with van der Waals surface area (Å²) in [5.74, 6) is 1.18. The summed E-state index contributed by atoms with van der Waals surface area (Å²) in [6.07, 6.45) is 4.77. The third kappa shape index (κ3) is 3.17. The van der Waals surface area contributed by atoms with Gasteiger partial charge in [0.15, 0.2) is 5.58 Å². The molecule has 0 spiro atoms. The maximum atomic E-state index is 5.63. The Labute approximate surface area is 138 Å². The van der Waals surface area contributed by atoms with Crippen LogP contribution < -0.4 is 10.1 Å². The average molecular weight is 318 g/mol. The normalized spacial score (nSPS) is 10.7. The maximum Gasteiger partial charge on any atom is 0.295 e. The second-order valence-electron chi connectivity index (χ2n) is 5.13. The molecule has 0 aliphatic heterocycles. The van der Waals surface area contributed by atoms with Crippen molar-refractivity contribution in [3.63, 3.8) is 0 Å². The molecule has 0 fully saturated rings. The molecule has 6 heteroatoms. The lowest BCUT2D eigenvalue weighted by Crippen LogP contribution is -1.99. The van der Waals surface area contributed by atoms with Crippen LogP contribution in [0.4, 0.5) is 6.01 Å². The minimum Gasteiger partial charge on any atom is -0.438 e. The molecule has 2 aromatic heterocycles.